The number of hydrogen-bond donors (Lipinski definition) is 1. The molecule has 16 heavy (non-hydrogen) atoms. The molecule has 3 heteroatoms. The third-order valence-electron chi connectivity index (χ3n) is 2.59. The molecule has 86 valence electrons. The summed E-state index contributed by atoms with van der Waals surface area (Å²) >= 11 is 0. The van der Waals surface area contributed by atoms with Crippen molar-refractivity contribution in [3.8, 4) is 0 Å². The Balaban J connectivity index is 0.00000128. The van der Waals surface area contributed by atoms with E-state index in [0.717, 1.165) is 24.1 Å². The summed E-state index contributed by atoms with van der Waals surface area (Å²) in [4.78, 5) is 4.60. The Morgan fingerprint density at radius 3 is 2.75 bits per heavy atom. The van der Waals surface area contributed by atoms with Crippen LogP contribution in [0.15, 0.2) is 30.3 Å². The number of para-hydroxylation sites is 1. The Morgan fingerprint density at radius 2 is 2.00 bits per heavy atom. The van der Waals surface area contributed by atoms with Gasteiger partial charge in [0.25, 0.3) is 0 Å². The van der Waals surface area contributed by atoms with Crippen molar-refractivity contribution in [1.29, 1.82) is 0 Å². The standard InChI is InChI=1S/C13H15NO.ClH/c1-10-9-11-5-2-3-6-13(11)14-12(10)7-4-8-15;/h2-3,5-6,9,15H,4,7-8H2,1H3;1H. The molecule has 0 saturated heterocycles. The number of benzene rings is 1. The van der Waals surface area contributed by atoms with Crippen LogP contribution in [0.2, 0.25) is 0 Å². The van der Waals surface area contributed by atoms with Crippen LogP contribution in [0.25, 0.3) is 10.9 Å². The van der Waals surface area contributed by atoms with Gasteiger partial charge in [-0.3, -0.25) is 4.98 Å². The highest BCUT2D eigenvalue weighted by atomic mass is 35.5. The second kappa shape index (κ2) is 5.83. The highest BCUT2D eigenvalue weighted by Gasteiger charge is 2.02. The minimum atomic E-state index is 0. The van der Waals surface area contributed by atoms with E-state index in [1.54, 1.807) is 0 Å². The summed E-state index contributed by atoms with van der Waals surface area (Å²) in [5, 5.41) is 9.99. The molecule has 0 bridgehead atoms. The summed E-state index contributed by atoms with van der Waals surface area (Å²) in [7, 11) is 0. The lowest BCUT2D eigenvalue weighted by atomic mass is 10.1. The van der Waals surface area contributed by atoms with E-state index in [2.05, 4.69) is 24.0 Å². The Morgan fingerprint density at radius 1 is 1.25 bits per heavy atom. The van der Waals surface area contributed by atoms with Crippen molar-refractivity contribution in [2.24, 2.45) is 0 Å². The fourth-order valence-electron chi connectivity index (χ4n) is 1.76. The molecule has 1 aromatic heterocycles. The average molecular weight is 238 g/mol. The van der Waals surface area contributed by atoms with Gasteiger partial charge in [-0.2, -0.15) is 0 Å². The number of aryl methyl sites for hydroxylation is 2. The van der Waals surface area contributed by atoms with Crippen molar-refractivity contribution >= 4 is 23.3 Å². The van der Waals surface area contributed by atoms with Crippen LogP contribution in [0.1, 0.15) is 17.7 Å². The molecule has 1 N–H and O–H groups in total. The zero-order chi connectivity index (χ0) is 10.7. The van der Waals surface area contributed by atoms with Crippen LogP contribution < -0.4 is 0 Å². The van der Waals surface area contributed by atoms with Crippen molar-refractivity contribution in [3.05, 3.63) is 41.6 Å². The van der Waals surface area contributed by atoms with E-state index in [4.69, 9.17) is 5.11 Å². The maximum Gasteiger partial charge on any atom is 0.0705 e. The first-order chi connectivity index (χ1) is 7.31. The molecule has 0 spiro atoms. The first kappa shape index (κ1) is 12.9. The second-order valence-corrected chi connectivity index (χ2v) is 3.77. The summed E-state index contributed by atoms with van der Waals surface area (Å²) in [5.41, 5.74) is 3.35. The van der Waals surface area contributed by atoms with Gasteiger partial charge < -0.3 is 5.11 Å². The van der Waals surface area contributed by atoms with Crippen LogP contribution in [0, 0.1) is 6.92 Å². The van der Waals surface area contributed by atoms with Crippen LogP contribution in [-0.2, 0) is 6.42 Å². The molecule has 0 aliphatic rings. The van der Waals surface area contributed by atoms with Crippen molar-refractivity contribution in [2.45, 2.75) is 19.8 Å². The highest BCUT2D eigenvalue weighted by molar-refractivity contribution is 5.85. The van der Waals surface area contributed by atoms with E-state index in [1.807, 2.05) is 18.2 Å². The summed E-state index contributed by atoms with van der Waals surface area (Å²) in [5.74, 6) is 0. The van der Waals surface area contributed by atoms with E-state index in [0.29, 0.717) is 0 Å². The highest BCUT2D eigenvalue weighted by Crippen LogP contribution is 2.16. The average Bonchev–Trinajstić information content (AvgIpc) is 2.26. The van der Waals surface area contributed by atoms with Gasteiger partial charge in [0, 0.05) is 17.7 Å². The second-order valence-electron chi connectivity index (χ2n) is 3.77. The molecule has 0 aliphatic carbocycles. The third kappa shape index (κ3) is 2.71. The fraction of sp³-hybridized carbons (Fsp3) is 0.308. The van der Waals surface area contributed by atoms with Crippen LogP contribution in [0.3, 0.4) is 0 Å². The first-order valence-corrected chi connectivity index (χ1v) is 5.27. The molecular weight excluding hydrogens is 222 g/mol. The summed E-state index contributed by atoms with van der Waals surface area (Å²) < 4.78 is 0. The van der Waals surface area contributed by atoms with Crippen molar-refractivity contribution in [3.63, 3.8) is 0 Å². The molecule has 1 aromatic carbocycles. The van der Waals surface area contributed by atoms with Gasteiger partial charge in [-0.25, -0.2) is 0 Å². The molecule has 1 heterocycles. The lowest BCUT2D eigenvalue weighted by molar-refractivity contribution is 0.288. The Bertz CT molecular complexity index is 470. The largest absolute Gasteiger partial charge is 0.396 e. The lowest BCUT2D eigenvalue weighted by Gasteiger charge is -2.06. The maximum absolute atomic E-state index is 8.80. The van der Waals surface area contributed by atoms with Crippen molar-refractivity contribution < 1.29 is 5.11 Å². The van der Waals surface area contributed by atoms with E-state index >= 15 is 0 Å². The topological polar surface area (TPSA) is 33.1 Å². The predicted molar refractivity (Wildman–Crippen MR) is 69.1 cm³/mol. The van der Waals surface area contributed by atoms with Crippen molar-refractivity contribution in [1.82, 2.24) is 4.98 Å². The minimum absolute atomic E-state index is 0. The predicted octanol–water partition coefficient (Wildman–Crippen LogP) is 2.89. The van der Waals surface area contributed by atoms with Gasteiger partial charge >= 0.3 is 0 Å². The summed E-state index contributed by atoms with van der Waals surface area (Å²) in [6.07, 6.45) is 1.64. The Labute approximate surface area is 102 Å². The van der Waals surface area contributed by atoms with Crippen LogP contribution >= 0.6 is 12.4 Å². The van der Waals surface area contributed by atoms with Crippen LogP contribution in [0.4, 0.5) is 0 Å². The molecule has 0 radical (unpaired) electrons. The summed E-state index contributed by atoms with van der Waals surface area (Å²) in [6.45, 7) is 2.31. The monoisotopic (exact) mass is 237 g/mol. The molecular formula is C13H16ClNO. The number of aliphatic hydroxyl groups is 1. The van der Waals surface area contributed by atoms with Crippen LogP contribution in [-0.4, -0.2) is 16.7 Å². The van der Waals surface area contributed by atoms with Crippen LogP contribution in [0.5, 0.6) is 0 Å². The van der Waals surface area contributed by atoms with Gasteiger partial charge in [0.05, 0.1) is 5.52 Å². The van der Waals surface area contributed by atoms with E-state index in [-0.39, 0.29) is 19.0 Å². The Kier molecular flexibility index (Phi) is 4.71. The molecule has 2 nitrogen and oxygen atoms in total. The number of pyridine rings is 1. The first-order valence-electron chi connectivity index (χ1n) is 5.27. The molecule has 0 fully saturated rings. The number of aromatic nitrogens is 1. The number of halogens is 1. The molecule has 0 amide bonds. The number of rotatable bonds is 3. The Hall–Kier alpha value is -1.12. The maximum atomic E-state index is 8.80. The zero-order valence-electron chi connectivity index (χ0n) is 9.31. The zero-order valence-corrected chi connectivity index (χ0v) is 10.1. The molecule has 2 rings (SSSR count). The minimum Gasteiger partial charge on any atom is -0.396 e. The molecule has 0 atom stereocenters. The third-order valence-corrected chi connectivity index (χ3v) is 2.59. The molecule has 0 unspecified atom stereocenters. The normalized spacial score (nSPS) is 10.1. The lowest BCUT2D eigenvalue weighted by Crippen LogP contribution is -1.97. The van der Waals surface area contributed by atoms with E-state index in [1.165, 1.54) is 10.9 Å². The molecule has 0 aliphatic heterocycles. The van der Waals surface area contributed by atoms with Gasteiger partial charge in [0.15, 0.2) is 0 Å². The molecule has 2 aromatic rings. The SMILES string of the molecule is Cc1cc2ccccc2nc1CCCO.Cl. The number of fused-ring (bicyclic) bond motifs is 1. The quantitative estimate of drug-likeness (QED) is 0.891. The van der Waals surface area contributed by atoms with Gasteiger partial charge in [-0.15, -0.1) is 12.4 Å². The number of aliphatic hydroxyl groups excluding tert-OH is 1. The van der Waals surface area contributed by atoms with Gasteiger partial charge in [-0.05, 0) is 37.5 Å². The van der Waals surface area contributed by atoms with Gasteiger partial charge in [-0.1, -0.05) is 18.2 Å². The van der Waals surface area contributed by atoms with Gasteiger partial charge in [0.2, 0.25) is 0 Å². The van der Waals surface area contributed by atoms with E-state index in [9.17, 15) is 0 Å². The van der Waals surface area contributed by atoms with Gasteiger partial charge in [0.1, 0.15) is 0 Å². The smallest absolute Gasteiger partial charge is 0.0705 e. The number of hydrogen-bond acceptors (Lipinski definition) is 2. The molecule has 0 saturated carbocycles. The van der Waals surface area contributed by atoms with E-state index < -0.39 is 0 Å². The summed E-state index contributed by atoms with van der Waals surface area (Å²) in [6, 6.07) is 10.3. The van der Waals surface area contributed by atoms with Crippen molar-refractivity contribution in [2.75, 3.05) is 6.61 Å². The number of nitrogens with zero attached hydrogens (tertiary/aromatic N) is 1. The fourth-order valence-corrected chi connectivity index (χ4v) is 1.76.